The predicted molar refractivity (Wildman–Crippen MR) is 142 cm³/mol. The van der Waals surface area contributed by atoms with E-state index in [1.807, 2.05) is 50.1 Å². The lowest BCUT2D eigenvalue weighted by Gasteiger charge is -2.33. The number of aromatic amines is 1. The van der Waals surface area contributed by atoms with Gasteiger partial charge in [0.05, 0.1) is 35.5 Å². The van der Waals surface area contributed by atoms with Crippen LogP contribution in [0.15, 0.2) is 41.9 Å². The third-order valence-electron chi connectivity index (χ3n) is 7.33. The quantitative estimate of drug-likeness (QED) is 0.407. The van der Waals surface area contributed by atoms with Crippen molar-refractivity contribution in [3.63, 3.8) is 0 Å². The molecule has 0 saturated carbocycles. The van der Waals surface area contributed by atoms with Crippen LogP contribution in [0.2, 0.25) is 0 Å². The van der Waals surface area contributed by atoms with Gasteiger partial charge in [0.15, 0.2) is 0 Å². The van der Waals surface area contributed by atoms with Crippen LogP contribution in [0.25, 0.3) is 22.3 Å². The Kier molecular flexibility index (Phi) is 5.98. The topological polar surface area (TPSA) is 143 Å². The molecule has 2 atom stereocenters. The first kappa shape index (κ1) is 24.0. The maximum atomic E-state index is 13.4. The second-order valence-electron chi connectivity index (χ2n) is 9.55. The molecule has 6 rings (SSSR count). The monoisotopic (exact) mass is 515 g/mol. The number of H-pyrrole nitrogens is 1. The highest BCUT2D eigenvalue weighted by molar-refractivity contribution is 6.07. The Labute approximate surface area is 218 Å². The van der Waals surface area contributed by atoms with E-state index in [1.165, 1.54) is 0 Å². The van der Waals surface area contributed by atoms with Crippen molar-refractivity contribution < 1.29 is 9.53 Å². The number of carbonyl (C=O) groups excluding carboxylic acids is 1. The molecule has 13 nitrogen and oxygen atoms in total. The molecule has 196 valence electrons. The van der Waals surface area contributed by atoms with Gasteiger partial charge in [0, 0.05) is 43.0 Å². The summed E-state index contributed by atoms with van der Waals surface area (Å²) in [5, 5.41) is 23.4. The molecule has 2 aliphatic heterocycles. The van der Waals surface area contributed by atoms with E-state index < -0.39 is 0 Å². The van der Waals surface area contributed by atoms with Crippen LogP contribution >= 0.6 is 0 Å². The van der Waals surface area contributed by atoms with Gasteiger partial charge < -0.3 is 19.9 Å². The summed E-state index contributed by atoms with van der Waals surface area (Å²) in [5.74, 6) is 1.23. The highest BCUT2D eigenvalue weighted by Crippen LogP contribution is 2.33. The number of morpholine rings is 1. The van der Waals surface area contributed by atoms with Gasteiger partial charge in [-0.2, -0.15) is 5.10 Å². The molecule has 4 aromatic rings. The minimum Gasteiger partial charge on any atom is -0.375 e. The third-order valence-corrected chi connectivity index (χ3v) is 7.33. The Morgan fingerprint density at radius 1 is 1.26 bits per heavy atom. The normalized spacial score (nSPS) is 19.7. The van der Waals surface area contributed by atoms with E-state index in [1.54, 1.807) is 11.0 Å². The molecule has 2 aliphatic rings. The highest BCUT2D eigenvalue weighted by Gasteiger charge is 2.32. The maximum Gasteiger partial charge on any atom is 0.255 e. The fourth-order valence-electron chi connectivity index (χ4n) is 5.08. The molecular weight excluding hydrogens is 486 g/mol. The third kappa shape index (κ3) is 4.04. The van der Waals surface area contributed by atoms with Gasteiger partial charge in [0.25, 0.3) is 5.91 Å². The summed E-state index contributed by atoms with van der Waals surface area (Å²) in [6, 6.07) is 7.30. The van der Waals surface area contributed by atoms with Crippen molar-refractivity contribution >= 4 is 34.3 Å². The lowest BCUT2D eigenvalue weighted by molar-refractivity contribution is -0.113. The van der Waals surface area contributed by atoms with Crippen molar-refractivity contribution in [1.29, 1.82) is 0 Å². The molecule has 2 N–H and O–H groups in total. The average molecular weight is 516 g/mol. The summed E-state index contributed by atoms with van der Waals surface area (Å²) >= 11 is 0. The van der Waals surface area contributed by atoms with E-state index in [9.17, 15) is 4.79 Å². The van der Waals surface area contributed by atoms with Crippen LogP contribution < -0.4 is 15.1 Å². The number of ether oxygens (including phenoxy) is 1. The van der Waals surface area contributed by atoms with Crippen LogP contribution in [0, 0.1) is 0 Å². The van der Waals surface area contributed by atoms with Crippen molar-refractivity contribution in [2.24, 2.45) is 0 Å². The number of nitrogens with zero attached hydrogens (tertiary/aromatic N) is 9. The van der Waals surface area contributed by atoms with E-state index in [0.717, 1.165) is 41.9 Å². The number of fused-ring (bicyclic) bond motifs is 2. The molecule has 1 unspecified atom stereocenters. The molecule has 1 saturated heterocycles. The Morgan fingerprint density at radius 2 is 2.13 bits per heavy atom. The van der Waals surface area contributed by atoms with E-state index in [2.05, 4.69) is 52.8 Å². The predicted octanol–water partition coefficient (Wildman–Crippen LogP) is 2.55. The number of allylic oxidation sites excluding steroid dienone is 1. The molecule has 0 spiro atoms. The zero-order valence-corrected chi connectivity index (χ0v) is 21.7. The summed E-state index contributed by atoms with van der Waals surface area (Å²) in [6.07, 6.45) is 2.71. The first-order chi connectivity index (χ1) is 18.4. The van der Waals surface area contributed by atoms with Gasteiger partial charge in [-0.25, -0.2) is 14.6 Å². The molecule has 1 fully saturated rings. The van der Waals surface area contributed by atoms with Crippen molar-refractivity contribution in [2.45, 2.75) is 39.3 Å². The van der Waals surface area contributed by atoms with Crippen LogP contribution in [0.3, 0.4) is 0 Å². The van der Waals surface area contributed by atoms with E-state index in [0.29, 0.717) is 35.2 Å². The molecule has 0 bridgehead atoms. The number of hydrogen-bond donors (Lipinski definition) is 2. The number of aromatic nitrogens is 8. The number of tetrazole rings is 1. The molecule has 38 heavy (non-hydrogen) atoms. The van der Waals surface area contributed by atoms with Crippen LogP contribution in [0.1, 0.15) is 33.2 Å². The van der Waals surface area contributed by atoms with Gasteiger partial charge in [0.1, 0.15) is 17.8 Å². The van der Waals surface area contributed by atoms with Gasteiger partial charge in [-0.3, -0.25) is 9.89 Å². The van der Waals surface area contributed by atoms with Crippen LogP contribution in [0.5, 0.6) is 0 Å². The summed E-state index contributed by atoms with van der Waals surface area (Å²) in [5.41, 5.74) is 4.28. The lowest BCUT2D eigenvalue weighted by atomic mass is 10.0. The highest BCUT2D eigenvalue weighted by atomic mass is 16.5. The number of hydrogen-bond acceptors (Lipinski definition) is 10. The average Bonchev–Trinajstić information content (AvgIpc) is 3.60. The number of benzene rings is 1. The maximum absolute atomic E-state index is 13.4. The molecular formula is C25H29N11O2. The van der Waals surface area contributed by atoms with Crippen LogP contribution in [-0.2, 0) is 9.53 Å². The smallest absolute Gasteiger partial charge is 0.255 e. The minimum atomic E-state index is -0.309. The summed E-state index contributed by atoms with van der Waals surface area (Å²) in [7, 11) is 1.84. The summed E-state index contributed by atoms with van der Waals surface area (Å²) in [6.45, 7) is 8.17. The minimum absolute atomic E-state index is 0.192. The van der Waals surface area contributed by atoms with E-state index >= 15 is 0 Å². The zero-order chi connectivity index (χ0) is 26.4. The summed E-state index contributed by atoms with van der Waals surface area (Å²) < 4.78 is 7.45. The van der Waals surface area contributed by atoms with Gasteiger partial charge in [-0.1, -0.05) is 12.0 Å². The van der Waals surface area contributed by atoms with Gasteiger partial charge in [-0.15, -0.1) is 0 Å². The van der Waals surface area contributed by atoms with Gasteiger partial charge >= 0.3 is 0 Å². The summed E-state index contributed by atoms with van der Waals surface area (Å²) in [4.78, 5) is 26.5. The molecule has 0 radical (unpaired) electrons. The fourth-order valence-corrected chi connectivity index (χ4v) is 5.08. The Morgan fingerprint density at radius 3 is 2.97 bits per heavy atom. The number of amides is 1. The molecule has 1 aromatic carbocycles. The Hall–Kier alpha value is -4.39. The second-order valence-corrected chi connectivity index (χ2v) is 9.55. The van der Waals surface area contributed by atoms with E-state index in [4.69, 9.17) is 4.74 Å². The molecule has 13 heteroatoms. The van der Waals surface area contributed by atoms with Crippen molar-refractivity contribution in [3.8, 4) is 11.4 Å². The lowest BCUT2D eigenvalue weighted by Crippen LogP contribution is -2.42. The van der Waals surface area contributed by atoms with E-state index in [-0.39, 0.29) is 18.1 Å². The van der Waals surface area contributed by atoms with Crippen molar-refractivity contribution in [1.82, 2.24) is 40.4 Å². The SMILES string of the molecule is CC[C@H]1CN(c2cc(-c3n[nH]c4ccc(NC(=O)C5=C(C)N(C)c6nnnn6C5C)cc34)ncn2)CCO1. The molecule has 5 heterocycles. The van der Waals surface area contributed by atoms with Crippen molar-refractivity contribution in [3.05, 3.63) is 41.9 Å². The first-order valence-electron chi connectivity index (χ1n) is 12.7. The van der Waals surface area contributed by atoms with Crippen LogP contribution in [0.4, 0.5) is 17.5 Å². The second kappa shape index (κ2) is 9.49. The zero-order valence-electron chi connectivity index (χ0n) is 21.7. The molecule has 0 aliphatic carbocycles. The Bertz CT molecular complexity index is 1540. The largest absolute Gasteiger partial charge is 0.375 e. The van der Waals surface area contributed by atoms with Gasteiger partial charge in [0.2, 0.25) is 5.95 Å². The fraction of sp³-hybridized carbons (Fsp3) is 0.400. The van der Waals surface area contributed by atoms with Crippen molar-refractivity contribution in [2.75, 3.05) is 41.9 Å². The number of rotatable bonds is 5. The van der Waals surface area contributed by atoms with Crippen LogP contribution in [-0.4, -0.2) is 79.1 Å². The molecule has 1 amide bonds. The standard InChI is InChI=1S/C25H29N11O2/c1-5-17-12-35(8-9-38-17)21-11-20(26-13-27-21)23-18-10-16(6-7-19(18)29-30-23)28-24(37)22-14(2)34(4)25-31-32-33-36(25)15(22)3/h6-7,10-11,13,15,17H,5,8-9,12H2,1-4H3,(H,28,37)(H,29,30)/t15?,17-/m0/s1. The molecule has 3 aromatic heterocycles. The van der Waals surface area contributed by atoms with Gasteiger partial charge in [-0.05, 0) is 48.9 Å². The number of carbonyl (C=O) groups is 1. The first-order valence-corrected chi connectivity index (χ1v) is 12.7. The number of nitrogens with one attached hydrogen (secondary N) is 2. The Balaban J connectivity index is 1.28. The number of anilines is 3.